The van der Waals surface area contributed by atoms with E-state index in [4.69, 9.17) is 0 Å². The van der Waals surface area contributed by atoms with Crippen LogP contribution < -0.4 is 10.3 Å². The maximum Gasteiger partial charge on any atom is 0.201 e. The Balaban J connectivity index is 1.31. The van der Waals surface area contributed by atoms with Crippen LogP contribution in [-0.2, 0) is 0 Å². The van der Waals surface area contributed by atoms with Gasteiger partial charge in [-0.3, -0.25) is 14.2 Å². The summed E-state index contributed by atoms with van der Waals surface area (Å²) in [5.74, 6) is -2.23. The first-order valence-electron chi connectivity index (χ1n) is 14.4. The van der Waals surface area contributed by atoms with Crippen LogP contribution in [0.15, 0.2) is 41.3 Å². The number of anilines is 1. The maximum absolute atomic E-state index is 15.1. The molecule has 0 spiro atoms. The summed E-state index contributed by atoms with van der Waals surface area (Å²) in [5, 5.41) is 19.7. The Labute approximate surface area is 234 Å². The number of nitrogens with zero attached hydrogens (tertiary/aromatic N) is 3. The van der Waals surface area contributed by atoms with Crippen LogP contribution >= 0.6 is 0 Å². The molecule has 216 valence electrons. The lowest BCUT2D eigenvalue weighted by molar-refractivity contribution is -0.211. The van der Waals surface area contributed by atoms with Crippen molar-refractivity contribution in [3.05, 3.63) is 63.9 Å². The number of halogens is 3. The second-order valence-corrected chi connectivity index (χ2v) is 12.9. The highest BCUT2D eigenvalue weighted by Crippen LogP contribution is 2.61. The van der Waals surface area contributed by atoms with Crippen molar-refractivity contribution in [2.45, 2.75) is 63.3 Å². The molecule has 1 aromatic carbocycles. The number of hydrogen-bond donors (Lipinski definition) is 2. The van der Waals surface area contributed by atoms with Gasteiger partial charge < -0.3 is 15.1 Å². The third-order valence-electron chi connectivity index (χ3n) is 9.96. The third kappa shape index (κ3) is 4.55. The van der Waals surface area contributed by atoms with Gasteiger partial charge in [-0.05, 0) is 86.0 Å². The number of ketones is 1. The fourth-order valence-corrected chi connectivity index (χ4v) is 8.47. The van der Waals surface area contributed by atoms with Crippen LogP contribution in [0, 0.1) is 34.8 Å². The molecular formula is C31H32F3N3O4. The average Bonchev–Trinajstić information content (AvgIpc) is 2.89. The normalized spacial score (nSPS) is 30.2. The first kappa shape index (κ1) is 26.6. The number of carbonyl (C=O) groups is 1. The highest BCUT2D eigenvalue weighted by molar-refractivity contribution is 5.99. The Morgan fingerprint density at radius 1 is 1.02 bits per heavy atom. The van der Waals surface area contributed by atoms with Gasteiger partial charge in [0, 0.05) is 31.6 Å². The van der Waals surface area contributed by atoms with Gasteiger partial charge in [-0.25, -0.2) is 18.2 Å². The van der Waals surface area contributed by atoms with Crippen LogP contribution in [0.25, 0.3) is 16.7 Å². The number of aliphatic hydroxyl groups is 2. The van der Waals surface area contributed by atoms with Crippen molar-refractivity contribution in [2.24, 2.45) is 23.2 Å². The first-order chi connectivity index (χ1) is 19.5. The number of pyridine rings is 2. The summed E-state index contributed by atoms with van der Waals surface area (Å²) in [6.45, 7) is -0.259. The van der Waals surface area contributed by atoms with Gasteiger partial charge in [0.1, 0.15) is 17.5 Å². The minimum atomic E-state index is -2.45. The van der Waals surface area contributed by atoms with Crippen molar-refractivity contribution in [3.63, 3.8) is 0 Å². The SMILES string of the molecule is O=C(CC12CC3CC(CC(C3)C1)C2)c1cn(-c2ccc(F)cc2F)c2nc(N3CCC(O)(O)[C@H](F)C3)ccc2c1=O. The lowest BCUT2D eigenvalue weighted by Crippen LogP contribution is -2.53. The van der Waals surface area contributed by atoms with Gasteiger partial charge in [0.05, 0.1) is 23.2 Å². The number of piperidine rings is 1. The van der Waals surface area contributed by atoms with E-state index in [0.717, 1.165) is 31.4 Å². The number of hydrogen-bond acceptors (Lipinski definition) is 6. The molecule has 3 aromatic rings. The fourth-order valence-electron chi connectivity index (χ4n) is 8.47. The van der Waals surface area contributed by atoms with E-state index in [0.29, 0.717) is 17.8 Å². The first-order valence-corrected chi connectivity index (χ1v) is 14.4. The molecule has 8 rings (SSSR count). The van der Waals surface area contributed by atoms with Crippen molar-refractivity contribution in [1.82, 2.24) is 9.55 Å². The summed E-state index contributed by atoms with van der Waals surface area (Å²) in [5.41, 5.74) is -0.730. The van der Waals surface area contributed by atoms with Crippen LogP contribution in [0.2, 0.25) is 0 Å². The molecule has 10 heteroatoms. The molecule has 0 amide bonds. The minimum Gasteiger partial charge on any atom is -0.363 e. The van der Waals surface area contributed by atoms with Gasteiger partial charge in [0.15, 0.2) is 23.4 Å². The average molecular weight is 568 g/mol. The van der Waals surface area contributed by atoms with Gasteiger partial charge in [-0.2, -0.15) is 0 Å². The summed E-state index contributed by atoms with van der Waals surface area (Å²) in [6, 6.07) is 6.02. The summed E-state index contributed by atoms with van der Waals surface area (Å²) in [7, 11) is 0. The smallest absolute Gasteiger partial charge is 0.201 e. The Hall–Kier alpha value is -3.24. The second kappa shape index (κ2) is 9.39. The minimum absolute atomic E-state index is 0.0320. The largest absolute Gasteiger partial charge is 0.363 e. The molecular weight excluding hydrogens is 535 g/mol. The molecule has 0 radical (unpaired) electrons. The zero-order valence-corrected chi connectivity index (χ0v) is 22.5. The molecule has 2 N–H and O–H groups in total. The lowest BCUT2D eigenvalue weighted by Gasteiger charge is -2.56. The number of Topliss-reactive ketones (excluding diaryl/α,β-unsaturated/α-hetero) is 1. The predicted molar refractivity (Wildman–Crippen MR) is 146 cm³/mol. The molecule has 1 atom stereocenters. The van der Waals surface area contributed by atoms with Crippen molar-refractivity contribution in [1.29, 1.82) is 0 Å². The Morgan fingerprint density at radius 3 is 2.34 bits per heavy atom. The van der Waals surface area contributed by atoms with E-state index in [-0.39, 0.29) is 65.2 Å². The van der Waals surface area contributed by atoms with Crippen molar-refractivity contribution >= 4 is 22.6 Å². The molecule has 4 saturated carbocycles. The lowest BCUT2D eigenvalue weighted by atomic mass is 9.48. The Morgan fingerprint density at radius 2 is 1.71 bits per heavy atom. The third-order valence-corrected chi connectivity index (χ3v) is 9.96. The topological polar surface area (TPSA) is 95.7 Å². The summed E-state index contributed by atoms with van der Waals surface area (Å²) >= 11 is 0. The van der Waals surface area contributed by atoms with E-state index >= 15 is 4.39 Å². The molecule has 41 heavy (non-hydrogen) atoms. The summed E-state index contributed by atoms with van der Waals surface area (Å²) in [6.07, 6.45) is 6.05. The molecule has 0 unspecified atom stereocenters. The quantitative estimate of drug-likeness (QED) is 0.344. The van der Waals surface area contributed by atoms with Crippen molar-refractivity contribution in [3.8, 4) is 5.69 Å². The molecule has 5 aliphatic rings. The number of alkyl halides is 1. The molecule has 4 aliphatic carbocycles. The van der Waals surface area contributed by atoms with Crippen LogP contribution in [0.4, 0.5) is 19.0 Å². The van der Waals surface area contributed by atoms with E-state index in [1.807, 2.05) is 0 Å². The van der Waals surface area contributed by atoms with Gasteiger partial charge >= 0.3 is 0 Å². The second-order valence-electron chi connectivity index (χ2n) is 12.9. The summed E-state index contributed by atoms with van der Waals surface area (Å²) in [4.78, 5) is 33.6. The van der Waals surface area contributed by atoms with Crippen LogP contribution in [-0.4, -0.2) is 50.6 Å². The van der Waals surface area contributed by atoms with Gasteiger partial charge in [-0.1, -0.05) is 0 Å². The van der Waals surface area contributed by atoms with Crippen molar-refractivity contribution in [2.75, 3.05) is 18.0 Å². The number of rotatable bonds is 5. The number of carbonyl (C=O) groups excluding carboxylic acids is 1. The highest BCUT2D eigenvalue weighted by atomic mass is 19.1. The van der Waals surface area contributed by atoms with Crippen LogP contribution in [0.3, 0.4) is 0 Å². The molecule has 3 heterocycles. The van der Waals surface area contributed by atoms with E-state index in [2.05, 4.69) is 4.98 Å². The molecule has 7 nitrogen and oxygen atoms in total. The van der Waals surface area contributed by atoms with Crippen LogP contribution in [0.5, 0.6) is 0 Å². The summed E-state index contributed by atoms with van der Waals surface area (Å²) < 4.78 is 44.6. The monoisotopic (exact) mass is 567 g/mol. The zero-order chi connectivity index (χ0) is 28.7. The molecule has 5 fully saturated rings. The predicted octanol–water partition coefficient (Wildman–Crippen LogP) is 4.68. The maximum atomic E-state index is 15.1. The molecule has 1 saturated heterocycles. The van der Waals surface area contributed by atoms with E-state index in [1.165, 1.54) is 53.1 Å². The number of benzene rings is 1. The Kier molecular flexibility index (Phi) is 6.10. The highest BCUT2D eigenvalue weighted by Gasteiger charge is 2.51. The number of fused-ring (bicyclic) bond motifs is 1. The van der Waals surface area contributed by atoms with Gasteiger partial charge in [-0.15, -0.1) is 0 Å². The van der Waals surface area contributed by atoms with Crippen LogP contribution in [0.1, 0.15) is 61.7 Å². The fraction of sp³-hybridized carbons (Fsp3) is 0.516. The molecule has 4 bridgehead atoms. The van der Waals surface area contributed by atoms with E-state index in [9.17, 15) is 28.6 Å². The van der Waals surface area contributed by atoms with Crippen molar-refractivity contribution < 1.29 is 28.2 Å². The molecule has 1 aliphatic heterocycles. The zero-order valence-electron chi connectivity index (χ0n) is 22.5. The van der Waals surface area contributed by atoms with E-state index in [1.54, 1.807) is 0 Å². The molecule has 2 aromatic heterocycles. The van der Waals surface area contributed by atoms with E-state index < -0.39 is 29.0 Å². The van der Waals surface area contributed by atoms with Gasteiger partial charge in [0.25, 0.3) is 0 Å². The standard InChI is InChI=1S/C31H32F3N3O4/c32-20-1-3-24(23(33)10-20)37-15-22(25(38)14-30-11-17-7-18(12-30)9-19(8-17)13-30)28(39)21-2-4-27(35-29(21)37)36-6-5-31(40,41)26(34)16-36/h1-4,10,15,17-19,26,40-41H,5-9,11-14,16H2/t17?,18?,19?,26-,30?/m1/s1. The van der Waals surface area contributed by atoms with Gasteiger partial charge in [0.2, 0.25) is 5.43 Å². The Bertz CT molecular complexity index is 1580. The number of aromatic nitrogens is 2.